The number of rotatable bonds is 3. The molecule has 0 amide bonds. The molecule has 0 saturated carbocycles. The van der Waals surface area contributed by atoms with Gasteiger partial charge in [0.15, 0.2) is 0 Å². The van der Waals surface area contributed by atoms with Gasteiger partial charge < -0.3 is 10.5 Å². The van der Waals surface area contributed by atoms with E-state index in [9.17, 15) is 18.0 Å². The molecular formula is C11H10F3N3O2. The summed E-state index contributed by atoms with van der Waals surface area (Å²) in [5.41, 5.74) is 5.51. The van der Waals surface area contributed by atoms with Gasteiger partial charge in [0.1, 0.15) is 11.6 Å². The SMILES string of the molecule is Nc1cc(=O)n(Cc2cccc(OC(F)(F)F)c2)[nH]1. The highest BCUT2D eigenvalue weighted by molar-refractivity contribution is 5.29. The number of anilines is 1. The maximum absolute atomic E-state index is 12.1. The summed E-state index contributed by atoms with van der Waals surface area (Å²) in [5, 5.41) is 2.58. The maximum Gasteiger partial charge on any atom is 0.573 e. The smallest absolute Gasteiger partial charge is 0.406 e. The number of nitrogens with one attached hydrogen (secondary N) is 1. The number of aromatic amines is 1. The molecule has 0 spiro atoms. The largest absolute Gasteiger partial charge is 0.573 e. The Kier molecular flexibility index (Phi) is 3.24. The molecule has 1 heterocycles. The summed E-state index contributed by atoms with van der Waals surface area (Å²) in [6.45, 7) is 0.0745. The lowest BCUT2D eigenvalue weighted by Crippen LogP contribution is -2.18. The lowest BCUT2D eigenvalue weighted by atomic mass is 10.2. The first-order chi connectivity index (χ1) is 8.83. The first-order valence-electron chi connectivity index (χ1n) is 5.23. The molecule has 3 N–H and O–H groups in total. The van der Waals surface area contributed by atoms with Gasteiger partial charge in [0, 0.05) is 6.07 Å². The molecule has 0 aliphatic rings. The number of hydrogen-bond acceptors (Lipinski definition) is 3. The average Bonchev–Trinajstić information content (AvgIpc) is 2.55. The number of aromatic nitrogens is 2. The van der Waals surface area contributed by atoms with Crippen molar-refractivity contribution in [2.75, 3.05) is 5.73 Å². The molecule has 2 rings (SSSR count). The lowest BCUT2D eigenvalue weighted by Gasteiger charge is -2.10. The fourth-order valence-electron chi connectivity index (χ4n) is 1.60. The third-order valence-corrected chi connectivity index (χ3v) is 2.28. The number of ether oxygens (including phenoxy) is 1. The van der Waals surface area contributed by atoms with Gasteiger partial charge in [-0.05, 0) is 17.7 Å². The number of hydrogen-bond donors (Lipinski definition) is 2. The van der Waals surface area contributed by atoms with Crippen LogP contribution in [0.15, 0.2) is 35.1 Å². The number of H-pyrrole nitrogens is 1. The molecule has 1 aromatic carbocycles. The second kappa shape index (κ2) is 4.71. The minimum Gasteiger partial charge on any atom is -0.406 e. The van der Waals surface area contributed by atoms with Gasteiger partial charge in [0.25, 0.3) is 5.56 Å². The second-order valence-electron chi connectivity index (χ2n) is 3.83. The van der Waals surface area contributed by atoms with Crippen LogP contribution >= 0.6 is 0 Å². The third-order valence-electron chi connectivity index (χ3n) is 2.28. The summed E-state index contributed by atoms with van der Waals surface area (Å²) in [6, 6.07) is 6.57. The first-order valence-corrected chi connectivity index (χ1v) is 5.23. The standard InChI is InChI=1S/C11H10F3N3O2/c12-11(13,14)19-8-3-1-2-7(4-8)6-17-10(18)5-9(15)16-17/h1-5,16H,6,15H2. The highest BCUT2D eigenvalue weighted by Crippen LogP contribution is 2.23. The Hall–Kier alpha value is -2.38. The predicted octanol–water partition coefficient (Wildman–Crippen LogP) is 1.71. The van der Waals surface area contributed by atoms with E-state index in [1.54, 1.807) is 6.07 Å². The van der Waals surface area contributed by atoms with E-state index in [0.29, 0.717) is 5.56 Å². The molecule has 1 aromatic heterocycles. The molecule has 0 atom stereocenters. The van der Waals surface area contributed by atoms with Crippen molar-refractivity contribution < 1.29 is 17.9 Å². The predicted molar refractivity (Wildman–Crippen MR) is 61.7 cm³/mol. The topological polar surface area (TPSA) is 73.0 Å². The normalized spacial score (nSPS) is 11.5. The minimum absolute atomic E-state index is 0.0745. The Morgan fingerprint density at radius 3 is 2.63 bits per heavy atom. The van der Waals surface area contributed by atoms with Crippen LogP contribution in [0.3, 0.4) is 0 Å². The first kappa shape index (κ1) is 13.1. The number of alkyl halides is 3. The quantitative estimate of drug-likeness (QED) is 0.894. The van der Waals surface area contributed by atoms with E-state index in [0.717, 1.165) is 0 Å². The summed E-state index contributed by atoms with van der Waals surface area (Å²) >= 11 is 0. The van der Waals surface area contributed by atoms with Gasteiger partial charge in [-0.25, -0.2) is 4.68 Å². The molecule has 2 aromatic rings. The minimum atomic E-state index is -4.74. The van der Waals surface area contributed by atoms with E-state index < -0.39 is 6.36 Å². The van der Waals surface area contributed by atoms with Crippen molar-refractivity contribution >= 4 is 5.82 Å². The molecule has 0 aliphatic carbocycles. The molecule has 0 radical (unpaired) electrons. The van der Waals surface area contributed by atoms with Gasteiger partial charge in [-0.15, -0.1) is 13.2 Å². The van der Waals surface area contributed by atoms with E-state index >= 15 is 0 Å². The van der Waals surface area contributed by atoms with Crippen molar-refractivity contribution in [1.29, 1.82) is 0 Å². The molecule has 0 aliphatic heterocycles. The van der Waals surface area contributed by atoms with Crippen LogP contribution in [0.25, 0.3) is 0 Å². The van der Waals surface area contributed by atoms with E-state index in [2.05, 4.69) is 9.84 Å². The molecule has 102 valence electrons. The Bertz CT molecular complexity index is 631. The Morgan fingerprint density at radius 1 is 1.32 bits per heavy atom. The summed E-state index contributed by atoms with van der Waals surface area (Å²) in [7, 11) is 0. The van der Waals surface area contributed by atoms with Crippen molar-refractivity contribution in [2.45, 2.75) is 12.9 Å². The molecule has 19 heavy (non-hydrogen) atoms. The Labute approximate surface area is 105 Å². The number of halogens is 3. The van der Waals surface area contributed by atoms with Gasteiger partial charge in [-0.2, -0.15) is 0 Å². The van der Waals surface area contributed by atoms with E-state index in [4.69, 9.17) is 5.73 Å². The molecular weight excluding hydrogens is 263 g/mol. The zero-order chi connectivity index (χ0) is 14.0. The molecule has 8 heteroatoms. The lowest BCUT2D eigenvalue weighted by molar-refractivity contribution is -0.274. The van der Waals surface area contributed by atoms with Crippen molar-refractivity contribution in [1.82, 2.24) is 9.78 Å². The zero-order valence-electron chi connectivity index (χ0n) is 9.57. The number of nitrogen functional groups attached to an aromatic ring is 1. The number of benzene rings is 1. The highest BCUT2D eigenvalue weighted by Gasteiger charge is 2.31. The van der Waals surface area contributed by atoms with Gasteiger partial charge in [-0.3, -0.25) is 9.89 Å². The fraction of sp³-hybridized carbons (Fsp3) is 0.182. The Morgan fingerprint density at radius 2 is 2.05 bits per heavy atom. The van der Waals surface area contributed by atoms with Crippen LogP contribution in [0.4, 0.5) is 19.0 Å². The van der Waals surface area contributed by atoms with Gasteiger partial charge in [0.2, 0.25) is 0 Å². The van der Waals surface area contributed by atoms with Crippen molar-refractivity contribution in [3.8, 4) is 5.75 Å². The zero-order valence-corrected chi connectivity index (χ0v) is 9.57. The maximum atomic E-state index is 12.1. The molecule has 0 fully saturated rings. The fourth-order valence-corrected chi connectivity index (χ4v) is 1.60. The van der Waals surface area contributed by atoms with Gasteiger partial charge >= 0.3 is 6.36 Å². The molecule has 0 saturated heterocycles. The van der Waals surface area contributed by atoms with Crippen LogP contribution < -0.4 is 16.0 Å². The molecule has 0 unspecified atom stereocenters. The second-order valence-corrected chi connectivity index (χ2v) is 3.83. The monoisotopic (exact) mass is 273 g/mol. The van der Waals surface area contributed by atoms with Crippen LogP contribution in [0.5, 0.6) is 5.75 Å². The number of nitrogens with two attached hydrogens (primary N) is 1. The average molecular weight is 273 g/mol. The molecule has 0 bridgehead atoms. The van der Waals surface area contributed by atoms with Crippen molar-refractivity contribution in [3.63, 3.8) is 0 Å². The Balaban J connectivity index is 2.20. The third kappa shape index (κ3) is 3.54. The summed E-state index contributed by atoms with van der Waals surface area (Å²) < 4.78 is 41.2. The van der Waals surface area contributed by atoms with Crippen LogP contribution in [-0.2, 0) is 6.54 Å². The highest BCUT2D eigenvalue weighted by atomic mass is 19.4. The van der Waals surface area contributed by atoms with Crippen LogP contribution in [0, 0.1) is 0 Å². The summed E-state index contributed by atoms with van der Waals surface area (Å²) in [4.78, 5) is 11.4. The van der Waals surface area contributed by atoms with Crippen molar-refractivity contribution in [2.24, 2.45) is 0 Å². The van der Waals surface area contributed by atoms with E-state index in [1.807, 2.05) is 0 Å². The number of nitrogens with zero attached hydrogens (tertiary/aromatic N) is 1. The van der Waals surface area contributed by atoms with Crippen LogP contribution in [-0.4, -0.2) is 16.1 Å². The van der Waals surface area contributed by atoms with Crippen molar-refractivity contribution in [3.05, 3.63) is 46.2 Å². The van der Waals surface area contributed by atoms with Gasteiger partial charge in [0.05, 0.1) is 6.54 Å². The van der Waals surface area contributed by atoms with Crippen LogP contribution in [0.1, 0.15) is 5.56 Å². The summed E-state index contributed by atoms with van der Waals surface area (Å²) in [5.74, 6) is -0.148. The van der Waals surface area contributed by atoms with E-state index in [1.165, 1.54) is 28.9 Å². The molecule has 5 nitrogen and oxygen atoms in total. The summed E-state index contributed by atoms with van der Waals surface area (Å²) in [6.07, 6.45) is -4.74. The van der Waals surface area contributed by atoms with Gasteiger partial charge in [-0.1, -0.05) is 12.1 Å². The van der Waals surface area contributed by atoms with Crippen LogP contribution in [0.2, 0.25) is 0 Å². The van der Waals surface area contributed by atoms with E-state index in [-0.39, 0.29) is 23.7 Å².